The summed E-state index contributed by atoms with van der Waals surface area (Å²) in [5, 5.41) is 3.31. The molecule has 0 aliphatic rings. The zero-order valence-electron chi connectivity index (χ0n) is 9.54. The van der Waals surface area contributed by atoms with Gasteiger partial charge in [-0.05, 0) is 30.7 Å². The van der Waals surface area contributed by atoms with Crippen LogP contribution in [-0.2, 0) is 0 Å². The van der Waals surface area contributed by atoms with Crippen molar-refractivity contribution in [2.45, 2.75) is 6.92 Å². The molecule has 0 saturated heterocycles. The number of nitrogen functional groups attached to an aromatic ring is 1. The minimum atomic E-state index is -0.265. The van der Waals surface area contributed by atoms with Crippen LogP contribution in [0.25, 0.3) is 0 Å². The summed E-state index contributed by atoms with van der Waals surface area (Å²) in [6.45, 7) is 1.68. The van der Waals surface area contributed by atoms with Gasteiger partial charge in [0.2, 0.25) is 5.95 Å². The van der Waals surface area contributed by atoms with Gasteiger partial charge in [0.05, 0.1) is 6.20 Å². The van der Waals surface area contributed by atoms with Gasteiger partial charge in [0, 0.05) is 5.69 Å². The number of hydrazine groups is 1. The van der Waals surface area contributed by atoms with Crippen LogP contribution in [-0.4, -0.2) is 9.97 Å². The van der Waals surface area contributed by atoms with E-state index >= 15 is 0 Å². The number of benzene rings is 1. The lowest BCUT2D eigenvalue weighted by Crippen LogP contribution is -2.11. The van der Waals surface area contributed by atoms with Gasteiger partial charge in [0.15, 0.2) is 5.82 Å². The molecule has 0 spiro atoms. The molecule has 0 radical (unpaired) electrons. The van der Waals surface area contributed by atoms with E-state index in [1.54, 1.807) is 19.1 Å². The van der Waals surface area contributed by atoms with Crippen molar-refractivity contribution in [2.75, 3.05) is 10.7 Å². The van der Waals surface area contributed by atoms with Gasteiger partial charge in [-0.2, -0.15) is 4.98 Å². The van der Waals surface area contributed by atoms with Gasteiger partial charge in [-0.25, -0.2) is 15.2 Å². The minimum Gasteiger partial charge on any atom is -0.339 e. The molecular formula is C11H11ClFN5. The Morgan fingerprint density at radius 2 is 2.17 bits per heavy atom. The zero-order valence-corrected chi connectivity index (χ0v) is 10.3. The first-order valence-electron chi connectivity index (χ1n) is 5.12. The molecule has 0 bridgehead atoms. The number of anilines is 3. The van der Waals surface area contributed by atoms with Crippen molar-refractivity contribution >= 4 is 29.1 Å². The fourth-order valence-corrected chi connectivity index (χ4v) is 1.52. The van der Waals surface area contributed by atoms with E-state index in [-0.39, 0.29) is 11.8 Å². The van der Waals surface area contributed by atoms with Gasteiger partial charge in [-0.3, -0.25) is 5.43 Å². The normalized spacial score (nSPS) is 10.2. The second-order valence-electron chi connectivity index (χ2n) is 3.62. The van der Waals surface area contributed by atoms with Crippen LogP contribution in [0, 0.1) is 12.7 Å². The summed E-state index contributed by atoms with van der Waals surface area (Å²) in [5.41, 5.74) is 3.53. The Bertz CT molecular complexity index is 575. The van der Waals surface area contributed by atoms with Crippen LogP contribution in [0.5, 0.6) is 0 Å². The Morgan fingerprint density at radius 1 is 1.39 bits per heavy atom. The summed E-state index contributed by atoms with van der Waals surface area (Å²) in [6, 6.07) is 4.62. The first kappa shape index (κ1) is 12.5. The largest absolute Gasteiger partial charge is 0.339 e. The summed E-state index contributed by atoms with van der Waals surface area (Å²) < 4.78 is 13.1. The molecule has 1 aromatic carbocycles. The van der Waals surface area contributed by atoms with Crippen molar-refractivity contribution in [1.82, 2.24) is 9.97 Å². The maximum Gasteiger partial charge on any atom is 0.239 e. The molecular weight excluding hydrogens is 257 g/mol. The second-order valence-corrected chi connectivity index (χ2v) is 4.03. The van der Waals surface area contributed by atoms with E-state index in [1.807, 2.05) is 0 Å². The number of aryl methyl sites for hydroxylation is 1. The van der Waals surface area contributed by atoms with Gasteiger partial charge >= 0.3 is 0 Å². The number of nitrogens with one attached hydrogen (secondary N) is 2. The molecule has 0 unspecified atom stereocenters. The molecule has 2 rings (SSSR count). The molecule has 18 heavy (non-hydrogen) atoms. The Balaban J connectivity index is 2.30. The van der Waals surface area contributed by atoms with E-state index in [2.05, 4.69) is 20.7 Å². The third-order valence-corrected chi connectivity index (χ3v) is 2.57. The molecule has 7 heteroatoms. The molecule has 0 atom stereocenters. The molecule has 0 saturated carbocycles. The minimum absolute atomic E-state index is 0.237. The number of aromatic nitrogens is 2. The van der Waals surface area contributed by atoms with E-state index < -0.39 is 0 Å². The molecule has 1 heterocycles. The maximum absolute atomic E-state index is 13.1. The quantitative estimate of drug-likeness (QED) is 0.589. The monoisotopic (exact) mass is 267 g/mol. The number of hydrogen-bond donors (Lipinski definition) is 3. The molecule has 5 nitrogen and oxygen atoms in total. The van der Waals surface area contributed by atoms with E-state index in [0.717, 1.165) is 0 Å². The van der Waals surface area contributed by atoms with Crippen molar-refractivity contribution in [3.05, 3.63) is 40.8 Å². The molecule has 0 aliphatic heterocycles. The number of nitrogens with two attached hydrogens (primary N) is 1. The van der Waals surface area contributed by atoms with Crippen LogP contribution in [0.4, 0.5) is 21.8 Å². The highest BCUT2D eigenvalue weighted by Crippen LogP contribution is 2.24. The summed E-state index contributed by atoms with van der Waals surface area (Å²) >= 11 is 5.94. The number of rotatable bonds is 3. The van der Waals surface area contributed by atoms with Crippen molar-refractivity contribution in [3.8, 4) is 0 Å². The summed E-state index contributed by atoms with van der Waals surface area (Å²) in [6.07, 6.45) is 1.42. The average Bonchev–Trinajstić information content (AvgIpc) is 2.36. The fraction of sp³-hybridized carbons (Fsp3) is 0.0909. The Morgan fingerprint density at radius 3 is 2.83 bits per heavy atom. The van der Waals surface area contributed by atoms with Crippen LogP contribution >= 0.6 is 11.6 Å². The first-order valence-corrected chi connectivity index (χ1v) is 5.50. The van der Waals surface area contributed by atoms with E-state index in [4.69, 9.17) is 17.4 Å². The average molecular weight is 268 g/mol. The van der Waals surface area contributed by atoms with Gasteiger partial charge in [-0.15, -0.1) is 0 Å². The fourth-order valence-electron chi connectivity index (χ4n) is 1.38. The Labute approximate surface area is 108 Å². The number of hydrogen-bond acceptors (Lipinski definition) is 5. The zero-order chi connectivity index (χ0) is 13.1. The highest BCUT2D eigenvalue weighted by atomic mass is 35.5. The SMILES string of the molecule is Cc1cc(Nc2nc(NN)ncc2Cl)ccc1F. The van der Waals surface area contributed by atoms with Crippen LogP contribution in [0.15, 0.2) is 24.4 Å². The Hall–Kier alpha value is -1.92. The molecule has 1 aromatic heterocycles. The van der Waals surface area contributed by atoms with Crippen LogP contribution in [0.2, 0.25) is 5.02 Å². The molecule has 0 aliphatic carbocycles. The van der Waals surface area contributed by atoms with E-state index in [1.165, 1.54) is 12.3 Å². The lowest BCUT2D eigenvalue weighted by molar-refractivity contribution is 0.619. The third kappa shape index (κ3) is 2.66. The molecule has 4 N–H and O–H groups in total. The molecule has 2 aromatic rings. The van der Waals surface area contributed by atoms with Crippen LogP contribution in [0.3, 0.4) is 0 Å². The first-order chi connectivity index (χ1) is 8.60. The van der Waals surface area contributed by atoms with Crippen LogP contribution < -0.4 is 16.6 Å². The topological polar surface area (TPSA) is 75.9 Å². The van der Waals surface area contributed by atoms with Crippen molar-refractivity contribution in [2.24, 2.45) is 5.84 Å². The van der Waals surface area contributed by atoms with Crippen molar-refractivity contribution in [3.63, 3.8) is 0 Å². The predicted molar refractivity (Wildman–Crippen MR) is 69.3 cm³/mol. The second kappa shape index (κ2) is 5.16. The van der Waals surface area contributed by atoms with Gasteiger partial charge in [-0.1, -0.05) is 11.6 Å². The highest BCUT2D eigenvalue weighted by molar-refractivity contribution is 6.32. The summed E-state index contributed by atoms with van der Waals surface area (Å²) in [5.74, 6) is 5.58. The van der Waals surface area contributed by atoms with E-state index in [0.29, 0.717) is 22.1 Å². The maximum atomic E-state index is 13.1. The standard InChI is InChI=1S/C11H11ClFN5/c1-6-4-7(2-3-9(6)13)16-10-8(12)5-15-11(17-10)18-14/h2-5H,14H2,1H3,(H2,15,16,17,18). The molecule has 0 fully saturated rings. The number of halogens is 2. The van der Waals surface area contributed by atoms with Crippen molar-refractivity contribution in [1.29, 1.82) is 0 Å². The summed E-state index contributed by atoms with van der Waals surface area (Å²) in [4.78, 5) is 7.91. The predicted octanol–water partition coefficient (Wildman–Crippen LogP) is 2.61. The lowest BCUT2D eigenvalue weighted by atomic mass is 10.2. The highest BCUT2D eigenvalue weighted by Gasteiger charge is 2.06. The van der Waals surface area contributed by atoms with Gasteiger partial charge in [0.25, 0.3) is 0 Å². The smallest absolute Gasteiger partial charge is 0.239 e. The lowest BCUT2D eigenvalue weighted by Gasteiger charge is -2.09. The third-order valence-electron chi connectivity index (χ3n) is 2.29. The summed E-state index contributed by atoms with van der Waals surface area (Å²) in [7, 11) is 0. The van der Waals surface area contributed by atoms with Crippen molar-refractivity contribution < 1.29 is 4.39 Å². The van der Waals surface area contributed by atoms with Crippen LogP contribution in [0.1, 0.15) is 5.56 Å². The van der Waals surface area contributed by atoms with Gasteiger partial charge < -0.3 is 5.32 Å². The number of nitrogens with zero attached hydrogens (tertiary/aromatic N) is 2. The van der Waals surface area contributed by atoms with E-state index in [9.17, 15) is 4.39 Å². The Kier molecular flexibility index (Phi) is 3.59. The van der Waals surface area contributed by atoms with Gasteiger partial charge in [0.1, 0.15) is 10.8 Å². The molecule has 94 valence electrons. The molecule has 0 amide bonds.